The molecule has 29 heavy (non-hydrogen) atoms. The summed E-state index contributed by atoms with van der Waals surface area (Å²) in [5, 5.41) is 1.07. The predicted octanol–water partition coefficient (Wildman–Crippen LogP) is 4.32. The first-order valence-electron chi connectivity index (χ1n) is 9.32. The summed E-state index contributed by atoms with van der Waals surface area (Å²) in [5.41, 5.74) is 4.14. The van der Waals surface area contributed by atoms with Crippen molar-refractivity contribution in [3.8, 4) is 5.69 Å². The fraction of sp³-hybridized carbons (Fsp3) is 0.174. The van der Waals surface area contributed by atoms with Gasteiger partial charge in [-0.15, -0.1) is 0 Å². The van der Waals surface area contributed by atoms with E-state index < -0.39 is 0 Å². The van der Waals surface area contributed by atoms with Crippen molar-refractivity contribution in [3.63, 3.8) is 0 Å². The van der Waals surface area contributed by atoms with Gasteiger partial charge in [-0.3, -0.25) is 14.2 Å². The third-order valence-corrected chi connectivity index (χ3v) is 5.99. The second-order valence-electron chi connectivity index (χ2n) is 7.04. The number of carbonyl (C=O) groups is 1. The highest BCUT2D eigenvalue weighted by Gasteiger charge is 2.16. The molecule has 0 bridgehead atoms. The Morgan fingerprint density at radius 3 is 2.55 bits per heavy atom. The minimum atomic E-state index is -0.132. The number of para-hydroxylation sites is 1. The van der Waals surface area contributed by atoms with E-state index in [9.17, 15) is 9.59 Å². The number of ketones is 1. The van der Waals surface area contributed by atoms with E-state index in [1.54, 1.807) is 21.3 Å². The molecule has 0 spiro atoms. The molecule has 0 saturated carbocycles. The van der Waals surface area contributed by atoms with Crippen LogP contribution in [0.2, 0.25) is 0 Å². The molecule has 0 N–H and O–H groups in total. The topological polar surface area (TPSA) is 56.9 Å². The second kappa shape index (κ2) is 7.72. The van der Waals surface area contributed by atoms with Gasteiger partial charge in [-0.25, -0.2) is 4.98 Å². The van der Waals surface area contributed by atoms with Gasteiger partial charge in [0.1, 0.15) is 0 Å². The lowest BCUT2D eigenvalue weighted by Gasteiger charge is -2.14. The van der Waals surface area contributed by atoms with Crippen LogP contribution in [0.4, 0.5) is 0 Å². The van der Waals surface area contributed by atoms with Crippen molar-refractivity contribution in [3.05, 3.63) is 88.0 Å². The van der Waals surface area contributed by atoms with Crippen molar-refractivity contribution in [1.82, 2.24) is 14.1 Å². The van der Waals surface area contributed by atoms with Crippen molar-refractivity contribution in [2.45, 2.75) is 19.0 Å². The van der Waals surface area contributed by atoms with E-state index in [0.29, 0.717) is 21.8 Å². The zero-order chi connectivity index (χ0) is 20.5. The molecule has 0 saturated heterocycles. The van der Waals surface area contributed by atoms with Crippen LogP contribution in [0.1, 0.15) is 21.6 Å². The highest BCUT2D eigenvalue weighted by molar-refractivity contribution is 7.99. The summed E-state index contributed by atoms with van der Waals surface area (Å²) in [6.07, 6.45) is 1.84. The Kier molecular flexibility index (Phi) is 5.11. The lowest BCUT2D eigenvalue weighted by Crippen LogP contribution is -2.22. The smallest absolute Gasteiger partial charge is 0.266 e. The van der Waals surface area contributed by atoms with Crippen LogP contribution < -0.4 is 5.56 Å². The first kappa shape index (κ1) is 19.2. The molecular weight excluding hydrogens is 382 g/mol. The van der Waals surface area contributed by atoms with E-state index in [4.69, 9.17) is 4.98 Å². The molecule has 2 aromatic heterocycles. The SMILES string of the molecule is Cc1ccc(-n2c(SCC(=O)c3cccn3C)nc3ccccc3c2=O)cc1C. The number of carbonyl (C=O) groups excluding carboxylic acids is 1. The number of aromatic nitrogens is 3. The molecule has 5 nitrogen and oxygen atoms in total. The molecule has 146 valence electrons. The Morgan fingerprint density at radius 1 is 1.03 bits per heavy atom. The number of rotatable bonds is 5. The predicted molar refractivity (Wildman–Crippen MR) is 117 cm³/mol. The van der Waals surface area contributed by atoms with Crippen LogP contribution in [0.5, 0.6) is 0 Å². The van der Waals surface area contributed by atoms with Gasteiger partial charge in [0.15, 0.2) is 10.9 Å². The first-order chi connectivity index (χ1) is 14.0. The van der Waals surface area contributed by atoms with Gasteiger partial charge >= 0.3 is 0 Å². The Bertz CT molecular complexity index is 1290. The maximum absolute atomic E-state index is 13.3. The number of hydrogen-bond acceptors (Lipinski definition) is 4. The minimum Gasteiger partial charge on any atom is -0.348 e. The Labute approximate surface area is 173 Å². The molecule has 4 rings (SSSR count). The molecule has 0 fully saturated rings. The van der Waals surface area contributed by atoms with Gasteiger partial charge in [0.25, 0.3) is 5.56 Å². The van der Waals surface area contributed by atoms with E-state index >= 15 is 0 Å². The summed E-state index contributed by atoms with van der Waals surface area (Å²) in [4.78, 5) is 30.6. The summed E-state index contributed by atoms with van der Waals surface area (Å²) in [5.74, 6) is 0.199. The van der Waals surface area contributed by atoms with Crippen molar-refractivity contribution in [1.29, 1.82) is 0 Å². The molecule has 0 unspecified atom stereocenters. The Hall–Kier alpha value is -3.12. The first-order valence-corrected chi connectivity index (χ1v) is 10.3. The van der Waals surface area contributed by atoms with Crippen LogP contribution in [0.15, 0.2) is 70.7 Å². The van der Waals surface area contributed by atoms with Crippen molar-refractivity contribution < 1.29 is 4.79 Å². The largest absolute Gasteiger partial charge is 0.348 e. The van der Waals surface area contributed by atoms with E-state index in [2.05, 4.69) is 0 Å². The Morgan fingerprint density at radius 2 is 1.83 bits per heavy atom. The summed E-state index contributed by atoms with van der Waals surface area (Å²) in [6.45, 7) is 4.05. The van der Waals surface area contributed by atoms with Crippen LogP contribution in [0, 0.1) is 13.8 Å². The molecule has 2 heterocycles. The summed E-state index contributed by atoms with van der Waals surface area (Å²) < 4.78 is 3.41. The molecule has 0 aliphatic carbocycles. The molecule has 0 amide bonds. The van der Waals surface area contributed by atoms with Gasteiger partial charge in [-0.05, 0) is 61.4 Å². The minimum absolute atomic E-state index is 0.00320. The average molecular weight is 404 g/mol. The fourth-order valence-electron chi connectivity index (χ4n) is 3.26. The standard InChI is InChI=1S/C23H21N3O2S/c1-15-10-11-17(13-16(15)2)26-22(28)18-7-4-5-8-19(18)24-23(26)29-14-21(27)20-9-6-12-25(20)3/h4-13H,14H2,1-3H3. The maximum atomic E-state index is 13.3. The van der Waals surface area contributed by atoms with Crippen LogP contribution in [-0.2, 0) is 7.05 Å². The number of fused-ring (bicyclic) bond motifs is 1. The maximum Gasteiger partial charge on any atom is 0.266 e. The third-order valence-electron chi connectivity index (χ3n) is 5.06. The van der Waals surface area contributed by atoms with Gasteiger partial charge in [0, 0.05) is 13.2 Å². The quantitative estimate of drug-likeness (QED) is 0.283. The van der Waals surface area contributed by atoms with Crippen molar-refractivity contribution in [2.24, 2.45) is 7.05 Å². The normalized spacial score (nSPS) is 11.1. The van der Waals surface area contributed by atoms with E-state index in [0.717, 1.165) is 16.8 Å². The zero-order valence-electron chi connectivity index (χ0n) is 16.5. The van der Waals surface area contributed by atoms with Gasteiger partial charge in [-0.1, -0.05) is 30.0 Å². The lowest BCUT2D eigenvalue weighted by molar-refractivity contribution is 0.101. The third kappa shape index (κ3) is 3.63. The van der Waals surface area contributed by atoms with Gasteiger partial charge in [-0.2, -0.15) is 0 Å². The van der Waals surface area contributed by atoms with Crippen LogP contribution in [0.25, 0.3) is 16.6 Å². The lowest BCUT2D eigenvalue weighted by atomic mass is 10.1. The van der Waals surface area contributed by atoms with E-state index in [1.807, 2.05) is 69.6 Å². The number of thioether (sulfide) groups is 1. The molecule has 0 aliphatic heterocycles. The number of hydrogen-bond donors (Lipinski definition) is 0. The second-order valence-corrected chi connectivity index (χ2v) is 7.98. The molecule has 0 atom stereocenters. The summed E-state index contributed by atoms with van der Waals surface area (Å²) >= 11 is 1.28. The van der Waals surface area contributed by atoms with Crippen molar-refractivity contribution >= 4 is 28.4 Å². The molecular formula is C23H21N3O2S. The molecule has 0 aliphatic rings. The molecule has 4 aromatic rings. The molecule has 6 heteroatoms. The Balaban J connectivity index is 1.81. The molecule has 2 aromatic carbocycles. The highest BCUT2D eigenvalue weighted by Crippen LogP contribution is 2.23. The van der Waals surface area contributed by atoms with Crippen molar-refractivity contribution in [2.75, 3.05) is 5.75 Å². The van der Waals surface area contributed by atoms with Gasteiger partial charge < -0.3 is 4.57 Å². The van der Waals surface area contributed by atoms with Crippen LogP contribution >= 0.6 is 11.8 Å². The number of nitrogens with zero attached hydrogens (tertiary/aromatic N) is 3. The van der Waals surface area contributed by atoms with Crippen LogP contribution in [0.3, 0.4) is 0 Å². The van der Waals surface area contributed by atoms with Gasteiger partial charge in [0.2, 0.25) is 0 Å². The zero-order valence-corrected chi connectivity index (χ0v) is 17.4. The monoisotopic (exact) mass is 403 g/mol. The number of aryl methyl sites for hydroxylation is 3. The van der Waals surface area contributed by atoms with Crippen LogP contribution in [-0.4, -0.2) is 25.7 Å². The number of Topliss-reactive ketones (excluding diaryl/α,β-unsaturated/α-hetero) is 1. The van der Waals surface area contributed by atoms with E-state index in [1.165, 1.54) is 11.8 Å². The average Bonchev–Trinajstić information content (AvgIpc) is 3.14. The number of benzene rings is 2. The molecule has 0 radical (unpaired) electrons. The summed E-state index contributed by atoms with van der Waals surface area (Å²) in [6, 6.07) is 16.8. The highest BCUT2D eigenvalue weighted by atomic mass is 32.2. The fourth-order valence-corrected chi connectivity index (χ4v) is 4.14. The van der Waals surface area contributed by atoms with Gasteiger partial charge in [0.05, 0.1) is 28.0 Å². The summed E-state index contributed by atoms with van der Waals surface area (Å²) in [7, 11) is 1.84. The van der Waals surface area contributed by atoms with E-state index in [-0.39, 0.29) is 17.1 Å².